The molecule has 0 saturated carbocycles. The summed E-state index contributed by atoms with van der Waals surface area (Å²) in [5.74, 6) is -0.491. The van der Waals surface area contributed by atoms with E-state index in [2.05, 4.69) is 11.6 Å². The van der Waals surface area contributed by atoms with Crippen molar-refractivity contribution in [3.63, 3.8) is 0 Å². The van der Waals surface area contributed by atoms with Gasteiger partial charge in [0.2, 0.25) is 0 Å². The molecule has 0 aromatic carbocycles. The molecule has 2 bridgehead atoms. The first-order chi connectivity index (χ1) is 9.69. The molecule has 1 aromatic rings. The molecule has 0 radical (unpaired) electrons. The largest absolute Gasteiger partial charge is 0.467 e. The lowest BCUT2D eigenvalue weighted by molar-refractivity contribution is -0.146. The zero-order valence-electron chi connectivity index (χ0n) is 10.8. The second-order valence-corrected chi connectivity index (χ2v) is 5.27. The van der Waals surface area contributed by atoms with Crippen molar-refractivity contribution < 1.29 is 19.2 Å². The van der Waals surface area contributed by atoms with Crippen LogP contribution in [0.1, 0.15) is 22.7 Å². The molecule has 2 amide bonds. The summed E-state index contributed by atoms with van der Waals surface area (Å²) in [6.07, 6.45) is 1.57. The first-order valence-electron chi connectivity index (χ1n) is 6.03. The average molecular weight is 295 g/mol. The van der Waals surface area contributed by atoms with E-state index >= 15 is 0 Å². The van der Waals surface area contributed by atoms with Crippen molar-refractivity contribution in [2.45, 2.75) is 12.1 Å². The third-order valence-corrected chi connectivity index (χ3v) is 4.29. The van der Waals surface area contributed by atoms with E-state index in [1.807, 2.05) is 0 Å². The standard InChI is InChI=1S/C12H13N3O4S/c1-3-4-19-15-7-5-14(12(15)17)9(11(16)18-2)8-10(7)20-6-13-8/h3,6-7,9H,1,4-5H2,2H3/t7-,9?/m0/s1. The maximum atomic E-state index is 12.4. The van der Waals surface area contributed by atoms with Crippen molar-refractivity contribution in [1.29, 1.82) is 0 Å². The molecule has 8 heteroatoms. The van der Waals surface area contributed by atoms with E-state index in [4.69, 9.17) is 9.57 Å². The van der Waals surface area contributed by atoms with Crippen LogP contribution in [0.2, 0.25) is 0 Å². The predicted molar refractivity (Wildman–Crippen MR) is 69.7 cm³/mol. The van der Waals surface area contributed by atoms with Gasteiger partial charge in [-0.05, 0) is 0 Å². The molecule has 1 saturated heterocycles. The molecule has 106 valence electrons. The zero-order chi connectivity index (χ0) is 14.3. The number of hydrogen-bond acceptors (Lipinski definition) is 6. The smallest absolute Gasteiger partial charge is 0.345 e. The Hall–Kier alpha value is -1.93. The van der Waals surface area contributed by atoms with Gasteiger partial charge in [-0.1, -0.05) is 6.08 Å². The van der Waals surface area contributed by atoms with Crippen LogP contribution >= 0.6 is 11.3 Å². The quantitative estimate of drug-likeness (QED) is 0.618. The Balaban J connectivity index is 2.00. The van der Waals surface area contributed by atoms with Crippen molar-refractivity contribution in [3.8, 4) is 0 Å². The monoisotopic (exact) mass is 295 g/mol. The van der Waals surface area contributed by atoms with E-state index in [9.17, 15) is 9.59 Å². The number of esters is 1. The summed E-state index contributed by atoms with van der Waals surface area (Å²) in [4.78, 5) is 36.2. The number of carbonyl (C=O) groups is 2. The van der Waals surface area contributed by atoms with Crippen molar-refractivity contribution in [2.24, 2.45) is 0 Å². The molecule has 1 fully saturated rings. The van der Waals surface area contributed by atoms with Gasteiger partial charge < -0.3 is 9.64 Å². The molecule has 2 aliphatic heterocycles. The molecular weight excluding hydrogens is 282 g/mol. The van der Waals surface area contributed by atoms with Crippen molar-refractivity contribution in [2.75, 3.05) is 20.3 Å². The van der Waals surface area contributed by atoms with Gasteiger partial charge in [0.15, 0.2) is 6.04 Å². The Labute approximate surface area is 119 Å². The molecule has 0 spiro atoms. The highest BCUT2D eigenvalue weighted by molar-refractivity contribution is 7.09. The Morgan fingerprint density at radius 1 is 1.70 bits per heavy atom. The van der Waals surface area contributed by atoms with Crippen LogP contribution in [-0.4, -0.2) is 47.2 Å². The van der Waals surface area contributed by atoms with E-state index in [0.717, 1.165) is 4.88 Å². The van der Waals surface area contributed by atoms with Gasteiger partial charge in [-0.2, -0.15) is 5.06 Å². The Kier molecular flexibility index (Phi) is 3.19. The minimum atomic E-state index is -0.790. The topological polar surface area (TPSA) is 72.0 Å². The number of thiazole rings is 1. The van der Waals surface area contributed by atoms with E-state index in [1.54, 1.807) is 11.6 Å². The highest BCUT2D eigenvalue weighted by atomic mass is 32.1. The molecule has 0 N–H and O–H groups in total. The molecule has 20 heavy (non-hydrogen) atoms. The van der Waals surface area contributed by atoms with E-state index in [-0.39, 0.29) is 18.7 Å². The number of nitrogens with zero attached hydrogens (tertiary/aromatic N) is 3. The molecule has 7 nitrogen and oxygen atoms in total. The van der Waals surface area contributed by atoms with Gasteiger partial charge in [-0.15, -0.1) is 17.9 Å². The Morgan fingerprint density at radius 2 is 2.50 bits per heavy atom. The molecule has 2 atom stereocenters. The highest BCUT2D eigenvalue weighted by Crippen LogP contribution is 2.45. The van der Waals surface area contributed by atoms with Crippen LogP contribution in [0.25, 0.3) is 0 Å². The SMILES string of the molecule is C=CCON1C(=O)N2C[C@H]1c1scnc1C2C(=O)OC. The fourth-order valence-electron chi connectivity index (χ4n) is 2.50. The van der Waals surface area contributed by atoms with Crippen molar-refractivity contribution in [3.05, 3.63) is 28.7 Å². The van der Waals surface area contributed by atoms with Crippen LogP contribution in [0.15, 0.2) is 18.2 Å². The molecule has 0 aliphatic carbocycles. The van der Waals surface area contributed by atoms with Crippen LogP contribution in [0.3, 0.4) is 0 Å². The summed E-state index contributed by atoms with van der Waals surface area (Å²) in [7, 11) is 1.30. The number of ether oxygens (including phenoxy) is 1. The molecule has 3 rings (SSSR count). The van der Waals surface area contributed by atoms with E-state index < -0.39 is 12.0 Å². The first-order valence-corrected chi connectivity index (χ1v) is 6.91. The van der Waals surface area contributed by atoms with Crippen LogP contribution in [0, 0.1) is 0 Å². The fraction of sp³-hybridized carbons (Fsp3) is 0.417. The number of urea groups is 1. The maximum Gasteiger partial charge on any atom is 0.345 e. The number of hydroxylamine groups is 2. The summed E-state index contributed by atoms with van der Waals surface area (Å²) < 4.78 is 4.79. The van der Waals surface area contributed by atoms with Gasteiger partial charge in [-0.3, -0.25) is 4.84 Å². The number of methoxy groups -OCH3 is 1. The summed E-state index contributed by atoms with van der Waals surface area (Å²) >= 11 is 1.41. The van der Waals surface area contributed by atoms with Gasteiger partial charge in [0, 0.05) is 0 Å². The molecule has 1 aromatic heterocycles. The summed E-state index contributed by atoms with van der Waals surface area (Å²) in [6.45, 7) is 4.19. The van der Waals surface area contributed by atoms with Crippen LogP contribution in [-0.2, 0) is 14.4 Å². The van der Waals surface area contributed by atoms with Gasteiger partial charge in [0.25, 0.3) is 0 Å². The lowest BCUT2D eigenvalue weighted by Gasteiger charge is -2.27. The lowest BCUT2D eigenvalue weighted by atomic mass is 10.0. The van der Waals surface area contributed by atoms with Gasteiger partial charge in [0.05, 0.1) is 36.3 Å². The Morgan fingerprint density at radius 3 is 3.20 bits per heavy atom. The van der Waals surface area contributed by atoms with Crippen molar-refractivity contribution in [1.82, 2.24) is 14.9 Å². The summed E-state index contributed by atoms with van der Waals surface area (Å²) in [5, 5.41) is 1.29. The van der Waals surface area contributed by atoms with Gasteiger partial charge in [-0.25, -0.2) is 14.6 Å². The molecule has 3 heterocycles. The van der Waals surface area contributed by atoms with E-state index in [0.29, 0.717) is 12.2 Å². The zero-order valence-corrected chi connectivity index (χ0v) is 11.6. The molecular formula is C12H13N3O4S. The number of rotatable bonds is 4. The number of hydrogen-bond donors (Lipinski definition) is 0. The highest BCUT2D eigenvalue weighted by Gasteiger charge is 2.52. The molecule has 1 unspecified atom stereocenters. The van der Waals surface area contributed by atoms with Gasteiger partial charge in [0.1, 0.15) is 6.04 Å². The summed E-state index contributed by atoms with van der Waals surface area (Å²) in [5.41, 5.74) is 2.25. The van der Waals surface area contributed by atoms with Crippen LogP contribution in [0.4, 0.5) is 4.79 Å². The lowest BCUT2D eigenvalue weighted by Crippen LogP contribution is -2.39. The minimum Gasteiger partial charge on any atom is -0.467 e. The second-order valence-electron chi connectivity index (χ2n) is 4.39. The van der Waals surface area contributed by atoms with E-state index in [1.165, 1.54) is 28.4 Å². The third-order valence-electron chi connectivity index (χ3n) is 3.34. The maximum absolute atomic E-state index is 12.4. The van der Waals surface area contributed by atoms with Crippen molar-refractivity contribution >= 4 is 23.3 Å². The number of fused-ring (bicyclic) bond motifs is 4. The number of carbonyl (C=O) groups excluding carboxylic acids is 2. The number of aromatic nitrogens is 1. The Bertz CT molecular complexity index is 573. The average Bonchev–Trinajstić information content (AvgIpc) is 3.03. The predicted octanol–water partition coefficient (Wildman–Crippen LogP) is 1.27. The molecule has 2 aliphatic rings. The normalized spacial score (nSPS) is 23.8. The fourth-order valence-corrected chi connectivity index (χ4v) is 3.39. The third kappa shape index (κ3) is 1.72. The summed E-state index contributed by atoms with van der Waals surface area (Å²) in [6, 6.07) is -1.37. The second kappa shape index (κ2) is 4.88. The van der Waals surface area contributed by atoms with Crippen LogP contribution in [0.5, 0.6) is 0 Å². The number of amides is 2. The van der Waals surface area contributed by atoms with Crippen LogP contribution < -0.4 is 0 Å². The minimum absolute atomic E-state index is 0.229. The van der Waals surface area contributed by atoms with Gasteiger partial charge >= 0.3 is 12.0 Å². The first kappa shape index (κ1) is 13.1.